The first-order valence-electron chi connectivity index (χ1n) is 4.11. The summed E-state index contributed by atoms with van der Waals surface area (Å²) in [6, 6.07) is 0. The molecule has 0 saturated carbocycles. The smallest absolute Gasteiger partial charge is 0.163 e. The van der Waals surface area contributed by atoms with E-state index >= 15 is 0 Å². The summed E-state index contributed by atoms with van der Waals surface area (Å²) in [7, 11) is 1.82. The van der Waals surface area contributed by atoms with E-state index in [0.717, 1.165) is 0 Å². The summed E-state index contributed by atoms with van der Waals surface area (Å²) < 4.78 is 10.6. The SMILES string of the molecule is C=CC1OCOC1N(C)/C=N\C(=C)Cl. The second-order valence-corrected chi connectivity index (χ2v) is 3.26. The highest BCUT2D eigenvalue weighted by atomic mass is 35.5. The Kier molecular flexibility index (Phi) is 4.13. The van der Waals surface area contributed by atoms with E-state index in [1.165, 1.54) is 0 Å². The summed E-state index contributed by atoms with van der Waals surface area (Å²) in [4.78, 5) is 5.60. The minimum atomic E-state index is -0.202. The van der Waals surface area contributed by atoms with Crippen LogP contribution in [0.15, 0.2) is 29.4 Å². The fraction of sp³-hybridized carbons (Fsp3) is 0.444. The molecule has 2 atom stereocenters. The number of ether oxygens (including phenoxy) is 2. The lowest BCUT2D eigenvalue weighted by atomic mass is 10.3. The molecule has 0 aromatic heterocycles. The topological polar surface area (TPSA) is 34.1 Å². The second kappa shape index (κ2) is 5.14. The summed E-state index contributed by atoms with van der Waals surface area (Å²) in [5.74, 6) is 0. The molecule has 78 valence electrons. The molecule has 0 N–H and O–H groups in total. The van der Waals surface area contributed by atoms with Gasteiger partial charge in [-0.2, -0.15) is 0 Å². The van der Waals surface area contributed by atoms with Crippen molar-refractivity contribution < 1.29 is 9.47 Å². The minimum absolute atomic E-state index is 0.143. The third-order valence-corrected chi connectivity index (χ3v) is 1.89. The van der Waals surface area contributed by atoms with Crippen molar-refractivity contribution in [3.05, 3.63) is 24.4 Å². The van der Waals surface area contributed by atoms with Crippen molar-refractivity contribution in [2.24, 2.45) is 4.99 Å². The first kappa shape index (κ1) is 11.2. The van der Waals surface area contributed by atoms with E-state index in [-0.39, 0.29) is 24.3 Å². The first-order valence-corrected chi connectivity index (χ1v) is 4.49. The zero-order valence-electron chi connectivity index (χ0n) is 8.02. The predicted octanol–water partition coefficient (Wildman–Crippen LogP) is 1.54. The number of hydrogen-bond donors (Lipinski definition) is 0. The molecule has 0 aliphatic carbocycles. The Morgan fingerprint density at radius 3 is 2.93 bits per heavy atom. The Labute approximate surface area is 88.5 Å². The molecule has 1 heterocycles. The molecule has 0 aromatic carbocycles. The molecular weight excluding hydrogens is 204 g/mol. The summed E-state index contributed by atoms with van der Waals surface area (Å²) in [6.45, 7) is 7.36. The molecule has 2 unspecified atom stereocenters. The predicted molar refractivity (Wildman–Crippen MR) is 56.1 cm³/mol. The lowest BCUT2D eigenvalue weighted by Gasteiger charge is -2.22. The van der Waals surface area contributed by atoms with Crippen LogP contribution in [0.25, 0.3) is 0 Å². The van der Waals surface area contributed by atoms with E-state index in [0.29, 0.717) is 0 Å². The highest BCUT2D eigenvalue weighted by Gasteiger charge is 2.29. The van der Waals surface area contributed by atoms with Crippen molar-refractivity contribution in [2.45, 2.75) is 12.3 Å². The van der Waals surface area contributed by atoms with Crippen LogP contribution in [0.5, 0.6) is 0 Å². The zero-order chi connectivity index (χ0) is 10.6. The van der Waals surface area contributed by atoms with Crippen molar-refractivity contribution in [1.82, 2.24) is 4.90 Å². The van der Waals surface area contributed by atoms with Crippen molar-refractivity contribution >= 4 is 17.9 Å². The molecule has 4 nitrogen and oxygen atoms in total. The summed E-state index contributed by atoms with van der Waals surface area (Å²) >= 11 is 5.49. The third kappa shape index (κ3) is 2.83. The maximum atomic E-state index is 5.49. The van der Waals surface area contributed by atoms with Gasteiger partial charge in [0.05, 0.1) is 6.34 Å². The number of aliphatic imine (C=N–C) groups is 1. The molecule has 1 saturated heterocycles. The minimum Gasteiger partial charge on any atom is -0.343 e. The largest absolute Gasteiger partial charge is 0.343 e. The molecule has 1 fully saturated rings. The van der Waals surface area contributed by atoms with Crippen molar-refractivity contribution in [3.63, 3.8) is 0 Å². The van der Waals surface area contributed by atoms with E-state index < -0.39 is 0 Å². The van der Waals surface area contributed by atoms with Crippen LogP contribution in [0.2, 0.25) is 0 Å². The van der Waals surface area contributed by atoms with Crippen molar-refractivity contribution in [2.75, 3.05) is 13.8 Å². The zero-order valence-corrected chi connectivity index (χ0v) is 8.78. The first-order chi connectivity index (χ1) is 6.65. The van der Waals surface area contributed by atoms with Crippen LogP contribution in [-0.4, -0.2) is 37.4 Å². The van der Waals surface area contributed by atoms with Gasteiger partial charge in [0.15, 0.2) is 13.0 Å². The lowest BCUT2D eigenvalue weighted by Crippen LogP contribution is -2.37. The van der Waals surface area contributed by atoms with Gasteiger partial charge in [0.2, 0.25) is 0 Å². The van der Waals surface area contributed by atoms with E-state index in [1.807, 2.05) is 7.05 Å². The molecule has 0 bridgehead atoms. The van der Waals surface area contributed by atoms with Gasteiger partial charge in [0.1, 0.15) is 11.3 Å². The van der Waals surface area contributed by atoms with Crippen molar-refractivity contribution in [1.29, 1.82) is 0 Å². The number of rotatable bonds is 4. The van der Waals surface area contributed by atoms with Crippen LogP contribution in [0.1, 0.15) is 0 Å². The Morgan fingerprint density at radius 1 is 1.64 bits per heavy atom. The van der Waals surface area contributed by atoms with Gasteiger partial charge in [-0.15, -0.1) is 6.58 Å². The Morgan fingerprint density at radius 2 is 2.36 bits per heavy atom. The average molecular weight is 217 g/mol. The van der Waals surface area contributed by atoms with Gasteiger partial charge in [-0.25, -0.2) is 4.99 Å². The van der Waals surface area contributed by atoms with E-state index in [1.54, 1.807) is 17.3 Å². The van der Waals surface area contributed by atoms with Crippen LogP contribution in [0.3, 0.4) is 0 Å². The standard InChI is InChI=1S/C9H13ClN2O2/c1-4-8-9(14-6-13-8)12(3)5-11-7(2)10/h4-5,8-9H,1-2,6H2,3H3/b11-5-. The van der Waals surface area contributed by atoms with Crippen molar-refractivity contribution in [3.8, 4) is 0 Å². The number of hydrogen-bond acceptors (Lipinski definition) is 3. The molecule has 1 aliphatic rings. The van der Waals surface area contributed by atoms with Gasteiger partial charge in [-0.1, -0.05) is 24.3 Å². The molecule has 14 heavy (non-hydrogen) atoms. The van der Waals surface area contributed by atoms with Crippen LogP contribution in [0, 0.1) is 0 Å². The summed E-state index contributed by atoms with van der Waals surface area (Å²) in [5, 5.41) is 0.228. The quantitative estimate of drug-likeness (QED) is 0.310. The number of halogens is 1. The van der Waals surface area contributed by atoms with Crippen LogP contribution in [-0.2, 0) is 9.47 Å². The second-order valence-electron chi connectivity index (χ2n) is 2.83. The Hall–Kier alpha value is -0.840. The van der Waals surface area contributed by atoms with E-state index in [4.69, 9.17) is 21.1 Å². The molecule has 1 rings (SSSR count). The van der Waals surface area contributed by atoms with Crippen LogP contribution < -0.4 is 0 Å². The molecule has 0 aromatic rings. The molecule has 0 spiro atoms. The maximum Gasteiger partial charge on any atom is 0.163 e. The molecular formula is C9H13ClN2O2. The van der Waals surface area contributed by atoms with Gasteiger partial charge >= 0.3 is 0 Å². The normalized spacial score (nSPS) is 26.7. The van der Waals surface area contributed by atoms with Gasteiger partial charge in [0, 0.05) is 7.05 Å². The van der Waals surface area contributed by atoms with Gasteiger partial charge < -0.3 is 14.4 Å². The molecule has 0 amide bonds. The van der Waals surface area contributed by atoms with Gasteiger partial charge in [-0.3, -0.25) is 0 Å². The lowest BCUT2D eigenvalue weighted by molar-refractivity contribution is 0.0125. The van der Waals surface area contributed by atoms with Crippen LogP contribution in [0.4, 0.5) is 0 Å². The molecule has 0 radical (unpaired) electrons. The molecule has 1 aliphatic heterocycles. The maximum absolute atomic E-state index is 5.49. The number of likely N-dealkylation sites (N-methyl/N-ethyl adjacent to an activating group) is 1. The highest BCUT2D eigenvalue weighted by Crippen LogP contribution is 2.15. The molecule has 5 heteroatoms. The third-order valence-electron chi connectivity index (χ3n) is 1.79. The summed E-state index contributed by atoms with van der Waals surface area (Å²) in [5.41, 5.74) is 0. The monoisotopic (exact) mass is 216 g/mol. The van der Waals surface area contributed by atoms with E-state index in [2.05, 4.69) is 18.2 Å². The van der Waals surface area contributed by atoms with Gasteiger partial charge in [-0.05, 0) is 0 Å². The average Bonchev–Trinajstić information content (AvgIpc) is 2.61. The fourth-order valence-corrected chi connectivity index (χ4v) is 1.16. The Bertz CT molecular complexity index is 255. The van der Waals surface area contributed by atoms with Crippen LogP contribution >= 0.6 is 11.6 Å². The van der Waals surface area contributed by atoms with E-state index in [9.17, 15) is 0 Å². The van der Waals surface area contributed by atoms with Gasteiger partial charge in [0.25, 0.3) is 0 Å². The summed E-state index contributed by atoms with van der Waals surface area (Å²) in [6.07, 6.45) is 2.89. The Balaban J connectivity index is 2.55. The number of nitrogens with zero attached hydrogens (tertiary/aromatic N) is 2. The fourth-order valence-electron chi connectivity index (χ4n) is 1.12. The highest BCUT2D eigenvalue weighted by molar-refractivity contribution is 6.29.